The minimum absolute atomic E-state index is 0.275. The number of carbonyl (C=O) groups is 1. The number of rotatable bonds is 6. The number of anilines is 2. The molecule has 2 aromatic carbocycles. The Labute approximate surface area is 151 Å². The van der Waals surface area contributed by atoms with Crippen molar-refractivity contribution in [3.63, 3.8) is 0 Å². The van der Waals surface area contributed by atoms with E-state index >= 15 is 0 Å². The van der Waals surface area contributed by atoms with Crippen molar-refractivity contribution in [2.75, 3.05) is 17.2 Å². The van der Waals surface area contributed by atoms with E-state index in [4.69, 9.17) is 11.6 Å². The molecule has 1 heterocycles. The predicted octanol–water partition coefficient (Wildman–Crippen LogP) is 4.04. The van der Waals surface area contributed by atoms with Gasteiger partial charge in [-0.2, -0.15) is 0 Å². The van der Waals surface area contributed by atoms with Gasteiger partial charge < -0.3 is 10.6 Å². The average molecular weight is 353 g/mol. The second kappa shape index (κ2) is 8.26. The molecule has 0 unspecified atom stereocenters. The van der Waals surface area contributed by atoms with Crippen LogP contribution in [0.4, 0.5) is 11.5 Å². The lowest BCUT2D eigenvalue weighted by Gasteiger charge is -2.08. The summed E-state index contributed by atoms with van der Waals surface area (Å²) in [6.45, 7) is 0.715. The molecule has 3 aromatic rings. The van der Waals surface area contributed by atoms with Crippen LogP contribution in [-0.2, 0) is 6.42 Å². The first kappa shape index (κ1) is 16.9. The van der Waals surface area contributed by atoms with Gasteiger partial charge in [-0.25, -0.2) is 9.97 Å². The zero-order valence-corrected chi connectivity index (χ0v) is 14.2. The summed E-state index contributed by atoms with van der Waals surface area (Å²) in [7, 11) is 0. The van der Waals surface area contributed by atoms with Gasteiger partial charge in [-0.1, -0.05) is 54.1 Å². The third kappa shape index (κ3) is 4.78. The van der Waals surface area contributed by atoms with Crippen LogP contribution in [-0.4, -0.2) is 22.4 Å². The monoisotopic (exact) mass is 352 g/mol. The van der Waals surface area contributed by atoms with E-state index in [-0.39, 0.29) is 11.6 Å². The molecule has 0 bridgehead atoms. The number of aromatic nitrogens is 2. The molecule has 0 aliphatic rings. The highest BCUT2D eigenvalue weighted by atomic mass is 35.5. The number of benzene rings is 2. The molecule has 0 saturated carbocycles. The molecule has 0 radical (unpaired) electrons. The zero-order chi connectivity index (χ0) is 17.5. The predicted molar refractivity (Wildman–Crippen MR) is 100 cm³/mol. The van der Waals surface area contributed by atoms with Gasteiger partial charge in [0.2, 0.25) is 0 Å². The van der Waals surface area contributed by atoms with Crippen LogP contribution in [0.15, 0.2) is 67.0 Å². The van der Waals surface area contributed by atoms with E-state index < -0.39 is 0 Å². The standard InChI is InChI=1S/C19H17ClN4O/c20-15-8-4-5-9-16(15)24-19(25)17-12-18(23-13-22-17)21-11-10-14-6-2-1-3-7-14/h1-9,12-13H,10-11H2,(H,24,25)(H,21,22,23). The van der Waals surface area contributed by atoms with E-state index in [0.29, 0.717) is 23.1 Å². The number of para-hydroxylation sites is 1. The number of hydrogen-bond donors (Lipinski definition) is 2. The Morgan fingerprint density at radius 3 is 2.56 bits per heavy atom. The summed E-state index contributed by atoms with van der Waals surface area (Å²) >= 11 is 6.05. The number of halogens is 1. The first-order chi connectivity index (χ1) is 12.2. The topological polar surface area (TPSA) is 66.9 Å². The van der Waals surface area contributed by atoms with Crippen LogP contribution in [0.25, 0.3) is 0 Å². The minimum atomic E-state index is -0.332. The van der Waals surface area contributed by atoms with Gasteiger partial charge in [-0.05, 0) is 24.1 Å². The number of amides is 1. The van der Waals surface area contributed by atoms with Crippen LogP contribution in [0.1, 0.15) is 16.1 Å². The van der Waals surface area contributed by atoms with Crippen molar-refractivity contribution >= 4 is 29.0 Å². The average Bonchev–Trinajstić information content (AvgIpc) is 2.65. The third-order valence-corrected chi connectivity index (χ3v) is 3.91. The maximum Gasteiger partial charge on any atom is 0.274 e. The van der Waals surface area contributed by atoms with Crippen LogP contribution in [0.2, 0.25) is 5.02 Å². The molecule has 5 nitrogen and oxygen atoms in total. The van der Waals surface area contributed by atoms with Crippen molar-refractivity contribution in [2.24, 2.45) is 0 Å². The minimum Gasteiger partial charge on any atom is -0.370 e. The van der Waals surface area contributed by atoms with Gasteiger partial charge in [-0.15, -0.1) is 0 Å². The number of carbonyl (C=O) groups excluding carboxylic acids is 1. The zero-order valence-electron chi connectivity index (χ0n) is 13.4. The molecule has 3 rings (SSSR count). The van der Waals surface area contributed by atoms with Gasteiger partial charge in [-0.3, -0.25) is 4.79 Å². The third-order valence-electron chi connectivity index (χ3n) is 3.58. The Kier molecular flexibility index (Phi) is 5.59. The van der Waals surface area contributed by atoms with Crippen molar-refractivity contribution in [1.82, 2.24) is 9.97 Å². The van der Waals surface area contributed by atoms with E-state index in [1.807, 2.05) is 18.2 Å². The summed E-state index contributed by atoms with van der Waals surface area (Å²) < 4.78 is 0. The second-order valence-electron chi connectivity index (χ2n) is 5.38. The van der Waals surface area contributed by atoms with Crippen LogP contribution in [0, 0.1) is 0 Å². The summed E-state index contributed by atoms with van der Waals surface area (Å²) in [6, 6.07) is 18.8. The van der Waals surface area contributed by atoms with Gasteiger partial charge in [0.15, 0.2) is 0 Å². The summed E-state index contributed by atoms with van der Waals surface area (Å²) in [6.07, 6.45) is 2.23. The van der Waals surface area contributed by atoms with E-state index in [1.165, 1.54) is 11.9 Å². The fourth-order valence-corrected chi connectivity index (χ4v) is 2.49. The molecule has 126 valence electrons. The maximum atomic E-state index is 12.3. The molecule has 0 atom stereocenters. The van der Waals surface area contributed by atoms with Gasteiger partial charge in [0.05, 0.1) is 10.7 Å². The van der Waals surface area contributed by atoms with Crippen LogP contribution < -0.4 is 10.6 Å². The highest BCUT2D eigenvalue weighted by Crippen LogP contribution is 2.21. The lowest BCUT2D eigenvalue weighted by Crippen LogP contribution is -2.15. The molecule has 0 spiro atoms. The molecule has 1 amide bonds. The van der Waals surface area contributed by atoms with E-state index in [0.717, 1.165) is 6.42 Å². The van der Waals surface area contributed by atoms with E-state index in [9.17, 15) is 4.79 Å². The van der Waals surface area contributed by atoms with Crippen LogP contribution in [0.3, 0.4) is 0 Å². The van der Waals surface area contributed by atoms with Crippen molar-refractivity contribution in [3.05, 3.63) is 83.3 Å². The van der Waals surface area contributed by atoms with Gasteiger partial charge in [0.25, 0.3) is 5.91 Å². The fraction of sp³-hybridized carbons (Fsp3) is 0.105. The van der Waals surface area contributed by atoms with Crippen molar-refractivity contribution < 1.29 is 4.79 Å². The summed E-state index contributed by atoms with van der Waals surface area (Å²) in [5.41, 5.74) is 2.06. The van der Waals surface area contributed by atoms with Gasteiger partial charge in [0, 0.05) is 12.6 Å². The molecule has 0 fully saturated rings. The second-order valence-corrected chi connectivity index (χ2v) is 5.79. The first-order valence-electron chi connectivity index (χ1n) is 7.88. The Morgan fingerprint density at radius 1 is 1.00 bits per heavy atom. The van der Waals surface area contributed by atoms with E-state index in [2.05, 4.69) is 32.7 Å². The molecule has 6 heteroatoms. The van der Waals surface area contributed by atoms with Gasteiger partial charge in [0.1, 0.15) is 17.8 Å². The fourth-order valence-electron chi connectivity index (χ4n) is 2.31. The Bertz CT molecular complexity index is 855. The number of hydrogen-bond acceptors (Lipinski definition) is 4. The Hall–Kier alpha value is -2.92. The Balaban J connectivity index is 1.61. The molecule has 1 aromatic heterocycles. The maximum absolute atomic E-state index is 12.3. The molecule has 0 saturated heterocycles. The highest BCUT2D eigenvalue weighted by Gasteiger charge is 2.10. The largest absolute Gasteiger partial charge is 0.370 e. The lowest BCUT2D eigenvalue weighted by atomic mass is 10.1. The highest BCUT2D eigenvalue weighted by molar-refractivity contribution is 6.33. The van der Waals surface area contributed by atoms with Crippen molar-refractivity contribution in [1.29, 1.82) is 0 Å². The van der Waals surface area contributed by atoms with E-state index in [1.54, 1.807) is 30.3 Å². The van der Waals surface area contributed by atoms with Gasteiger partial charge >= 0.3 is 0 Å². The smallest absolute Gasteiger partial charge is 0.274 e. The summed E-state index contributed by atoms with van der Waals surface area (Å²) in [5.74, 6) is 0.275. The SMILES string of the molecule is O=C(Nc1ccccc1Cl)c1cc(NCCc2ccccc2)ncn1. The van der Waals surface area contributed by atoms with Crippen LogP contribution >= 0.6 is 11.6 Å². The molecule has 2 N–H and O–H groups in total. The summed E-state index contributed by atoms with van der Waals surface area (Å²) in [5, 5.41) is 6.43. The molecule has 25 heavy (non-hydrogen) atoms. The number of nitrogens with zero attached hydrogens (tertiary/aromatic N) is 2. The summed E-state index contributed by atoms with van der Waals surface area (Å²) in [4.78, 5) is 20.5. The Morgan fingerprint density at radius 2 is 1.76 bits per heavy atom. The first-order valence-corrected chi connectivity index (χ1v) is 8.26. The molecular formula is C19H17ClN4O. The normalized spacial score (nSPS) is 10.3. The lowest BCUT2D eigenvalue weighted by molar-refractivity contribution is 0.102. The number of nitrogens with one attached hydrogen (secondary N) is 2. The molecular weight excluding hydrogens is 336 g/mol. The van der Waals surface area contributed by atoms with Crippen molar-refractivity contribution in [3.8, 4) is 0 Å². The van der Waals surface area contributed by atoms with Crippen molar-refractivity contribution in [2.45, 2.75) is 6.42 Å². The quantitative estimate of drug-likeness (QED) is 0.702. The molecule has 0 aliphatic heterocycles. The van der Waals surface area contributed by atoms with Crippen LogP contribution in [0.5, 0.6) is 0 Å². The molecule has 0 aliphatic carbocycles.